The Labute approximate surface area is 50.9 Å². The van der Waals surface area contributed by atoms with Gasteiger partial charge in [-0.25, -0.2) is 0 Å². The quantitative estimate of drug-likeness (QED) is 0.446. The van der Waals surface area contributed by atoms with E-state index in [2.05, 4.69) is 32.1 Å². The van der Waals surface area contributed by atoms with Crippen LogP contribution in [0.1, 0.15) is 20.3 Å². The lowest BCUT2D eigenvalue weighted by molar-refractivity contribution is 0.987. The number of hydrogen-bond acceptors (Lipinski definition) is 0. The Morgan fingerprint density at radius 2 is 2.12 bits per heavy atom. The Hall–Kier alpha value is -0.520. The summed E-state index contributed by atoms with van der Waals surface area (Å²) >= 11 is 0. The largest absolute Gasteiger partial charge is 0.0774 e. The summed E-state index contributed by atoms with van der Waals surface area (Å²) in [7, 11) is 0. The van der Waals surface area contributed by atoms with E-state index < -0.39 is 0 Å². The highest BCUT2D eigenvalue weighted by Crippen LogP contribution is 2.17. The van der Waals surface area contributed by atoms with Crippen LogP contribution in [0, 0.1) is 5.92 Å². The molecule has 8 heavy (non-hydrogen) atoms. The molecule has 0 atom stereocenters. The molecule has 0 heteroatoms. The van der Waals surface area contributed by atoms with E-state index in [9.17, 15) is 0 Å². The van der Waals surface area contributed by atoms with E-state index in [1.165, 1.54) is 11.5 Å². The van der Waals surface area contributed by atoms with Crippen LogP contribution in [-0.4, -0.2) is 0 Å². The molecule has 0 fully saturated rings. The predicted molar refractivity (Wildman–Crippen MR) is 36.4 cm³/mol. The van der Waals surface area contributed by atoms with Crippen LogP contribution in [0.15, 0.2) is 23.8 Å². The third kappa shape index (κ3) is 1.22. The molecule has 0 saturated heterocycles. The van der Waals surface area contributed by atoms with E-state index in [1.807, 2.05) is 0 Å². The van der Waals surface area contributed by atoms with Crippen molar-refractivity contribution in [2.75, 3.05) is 0 Å². The fraction of sp³-hybridized carbons (Fsp3) is 0.375. The highest BCUT2D eigenvalue weighted by atomic mass is 14.1. The molecule has 0 nitrogen and oxygen atoms in total. The zero-order valence-electron chi connectivity index (χ0n) is 5.44. The van der Waals surface area contributed by atoms with Crippen LogP contribution in [0.2, 0.25) is 0 Å². The molecule has 43 valence electrons. The monoisotopic (exact) mass is 107 g/mol. The lowest BCUT2D eigenvalue weighted by atomic mass is 9.97. The van der Waals surface area contributed by atoms with Gasteiger partial charge >= 0.3 is 0 Å². The first kappa shape index (κ1) is 5.61. The molecular weight excluding hydrogens is 96.1 g/mol. The van der Waals surface area contributed by atoms with Gasteiger partial charge in [0.15, 0.2) is 0 Å². The van der Waals surface area contributed by atoms with E-state index in [0.717, 1.165) is 6.42 Å². The Bertz CT molecular complexity index is 129. The summed E-state index contributed by atoms with van der Waals surface area (Å²) in [5.74, 6) is 1.46. The average Bonchev–Trinajstić information content (AvgIpc) is 1.64. The number of hydrogen-bond donors (Lipinski definition) is 0. The van der Waals surface area contributed by atoms with Crippen molar-refractivity contribution in [2.45, 2.75) is 20.3 Å². The lowest BCUT2D eigenvalue weighted by Crippen LogP contribution is -1.91. The smallest absolute Gasteiger partial charge is 0.00149 e. The Morgan fingerprint density at radius 1 is 1.38 bits per heavy atom. The Morgan fingerprint density at radius 3 is 2.50 bits per heavy atom. The van der Waals surface area contributed by atoms with Gasteiger partial charge in [-0.1, -0.05) is 30.7 Å². The average molecular weight is 107 g/mol. The highest BCUT2D eigenvalue weighted by molar-refractivity contribution is 5.27. The Balaban J connectivity index is 2.59. The van der Waals surface area contributed by atoms with Gasteiger partial charge in [-0.05, 0) is 19.3 Å². The lowest BCUT2D eigenvalue weighted by Gasteiger charge is -2.08. The van der Waals surface area contributed by atoms with Gasteiger partial charge < -0.3 is 0 Å². The van der Waals surface area contributed by atoms with Crippen LogP contribution in [-0.2, 0) is 0 Å². The second kappa shape index (κ2) is 2.17. The van der Waals surface area contributed by atoms with Gasteiger partial charge in [-0.3, -0.25) is 0 Å². The molecule has 1 aliphatic carbocycles. The van der Waals surface area contributed by atoms with Gasteiger partial charge in [-0.2, -0.15) is 0 Å². The van der Waals surface area contributed by atoms with E-state index in [-0.39, 0.29) is 0 Å². The maximum Gasteiger partial charge on any atom is -0.00149 e. The van der Waals surface area contributed by atoms with Crippen molar-refractivity contribution in [1.29, 1.82) is 0 Å². The zero-order chi connectivity index (χ0) is 5.98. The van der Waals surface area contributed by atoms with Gasteiger partial charge in [0.25, 0.3) is 0 Å². The van der Waals surface area contributed by atoms with Crippen LogP contribution in [0.4, 0.5) is 0 Å². The fourth-order valence-electron chi connectivity index (χ4n) is 0.934. The molecule has 1 aliphatic rings. The second-order valence-electron chi connectivity index (χ2n) is 2.40. The van der Waals surface area contributed by atoms with Gasteiger partial charge in [0.1, 0.15) is 0 Å². The molecule has 1 radical (unpaired) electrons. The first-order chi connectivity index (χ1) is 3.79. The molecule has 0 heterocycles. The summed E-state index contributed by atoms with van der Waals surface area (Å²) in [5, 5.41) is 0. The highest BCUT2D eigenvalue weighted by Gasteiger charge is 2.00. The molecule has 0 spiro atoms. The summed E-state index contributed by atoms with van der Waals surface area (Å²) in [5.41, 5.74) is 1.46. The molecule has 0 aromatic carbocycles. The zero-order valence-corrected chi connectivity index (χ0v) is 5.44. The Kier molecular flexibility index (Phi) is 1.52. The second-order valence-corrected chi connectivity index (χ2v) is 2.40. The maximum absolute atomic E-state index is 2.16. The molecule has 0 unspecified atom stereocenters. The molecule has 0 aromatic rings. The summed E-state index contributed by atoms with van der Waals surface area (Å²) in [6, 6.07) is 0. The fourth-order valence-corrected chi connectivity index (χ4v) is 0.934. The van der Waals surface area contributed by atoms with Gasteiger partial charge in [-0.15, -0.1) is 0 Å². The SMILES string of the molecule is C[C]1C=CC=C(C)C1. The molecule has 0 aromatic heterocycles. The van der Waals surface area contributed by atoms with Crippen molar-refractivity contribution in [2.24, 2.45) is 0 Å². The maximum atomic E-state index is 2.16. The van der Waals surface area contributed by atoms with Crippen molar-refractivity contribution in [3.8, 4) is 0 Å². The standard InChI is InChI=1S/C8H11/c1-7-4-3-5-8(2)6-7/h3-5H,6H2,1-2H3. The van der Waals surface area contributed by atoms with Crippen LogP contribution < -0.4 is 0 Å². The first-order valence-corrected chi connectivity index (χ1v) is 2.95. The van der Waals surface area contributed by atoms with Crippen LogP contribution in [0.3, 0.4) is 0 Å². The molecule has 0 bridgehead atoms. The minimum atomic E-state index is 1.16. The molecule has 1 rings (SSSR count). The topological polar surface area (TPSA) is 0 Å². The predicted octanol–water partition coefficient (Wildman–Crippen LogP) is 2.49. The number of allylic oxidation sites excluding steroid dienone is 4. The summed E-state index contributed by atoms with van der Waals surface area (Å²) in [6.45, 7) is 4.32. The van der Waals surface area contributed by atoms with Gasteiger partial charge in [0.2, 0.25) is 0 Å². The van der Waals surface area contributed by atoms with Crippen LogP contribution in [0.5, 0.6) is 0 Å². The minimum absolute atomic E-state index is 1.16. The molecule has 0 saturated carbocycles. The van der Waals surface area contributed by atoms with Gasteiger partial charge in [0, 0.05) is 0 Å². The van der Waals surface area contributed by atoms with Crippen LogP contribution >= 0.6 is 0 Å². The van der Waals surface area contributed by atoms with E-state index in [0.29, 0.717) is 0 Å². The van der Waals surface area contributed by atoms with Crippen molar-refractivity contribution < 1.29 is 0 Å². The minimum Gasteiger partial charge on any atom is -0.0774 e. The van der Waals surface area contributed by atoms with Gasteiger partial charge in [0.05, 0.1) is 0 Å². The van der Waals surface area contributed by atoms with Crippen molar-refractivity contribution in [3.05, 3.63) is 29.7 Å². The van der Waals surface area contributed by atoms with Crippen molar-refractivity contribution in [1.82, 2.24) is 0 Å². The van der Waals surface area contributed by atoms with Crippen LogP contribution in [0.25, 0.3) is 0 Å². The summed E-state index contributed by atoms with van der Waals surface area (Å²) in [4.78, 5) is 0. The summed E-state index contributed by atoms with van der Waals surface area (Å²) in [6.07, 6.45) is 7.59. The van der Waals surface area contributed by atoms with Crippen molar-refractivity contribution in [3.63, 3.8) is 0 Å². The molecule has 0 N–H and O–H groups in total. The third-order valence-corrected chi connectivity index (χ3v) is 1.32. The molecule has 0 aliphatic heterocycles. The first-order valence-electron chi connectivity index (χ1n) is 2.95. The normalized spacial score (nSPS) is 21.0. The number of rotatable bonds is 0. The molecular formula is C8H11. The summed E-state index contributed by atoms with van der Waals surface area (Å²) < 4.78 is 0. The third-order valence-electron chi connectivity index (χ3n) is 1.32. The molecule has 0 amide bonds. The van der Waals surface area contributed by atoms with E-state index in [1.54, 1.807) is 0 Å². The van der Waals surface area contributed by atoms with E-state index in [4.69, 9.17) is 0 Å². The van der Waals surface area contributed by atoms with Crippen molar-refractivity contribution >= 4 is 0 Å². The van der Waals surface area contributed by atoms with E-state index >= 15 is 0 Å².